The van der Waals surface area contributed by atoms with Gasteiger partial charge in [-0.05, 0) is 30.1 Å². The highest BCUT2D eigenvalue weighted by Gasteiger charge is 2.06. The molecule has 0 aliphatic heterocycles. The zero-order valence-corrected chi connectivity index (χ0v) is 12.6. The van der Waals surface area contributed by atoms with Crippen molar-refractivity contribution in [2.24, 2.45) is 5.73 Å². The quantitative estimate of drug-likeness (QED) is 0.556. The van der Waals surface area contributed by atoms with Crippen molar-refractivity contribution in [1.82, 2.24) is 0 Å². The molecule has 0 saturated heterocycles. The molecule has 2 N–H and O–H groups in total. The zero-order chi connectivity index (χ0) is 13.2. The highest BCUT2D eigenvalue weighted by molar-refractivity contribution is 7.99. The summed E-state index contributed by atoms with van der Waals surface area (Å²) in [7, 11) is 0. The van der Waals surface area contributed by atoms with Gasteiger partial charge in [-0.1, -0.05) is 37.3 Å². The van der Waals surface area contributed by atoms with Crippen LogP contribution >= 0.6 is 24.0 Å². The van der Waals surface area contributed by atoms with E-state index in [0.717, 1.165) is 19.5 Å². The van der Waals surface area contributed by atoms with E-state index in [1.165, 1.54) is 23.6 Å². The maximum Gasteiger partial charge on any atom is 0.0745 e. The number of thioether (sulfide) groups is 1. The van der Waals surface area contributed by atoms with Crippen LogP contribution in [-0.2, 0) is 0 Å². The SMILES string of the molecule is CCSCCCN(CCC(N)=S)c1ccccc1. The van der Waals surface area contributed by atoms with Crippen molar-refractivity contribution in [2.75, 3.05) is 29.5 Å². The van der Waals surface area contributed by atoms with Crippen molar-refractivity contribution in [1.29, 1.82) is 0 Å². The zero-order valence-electron chi connectivity index (χ0n) is 11.0. The van der Waals surface area contributed by atoms with E-state index in [1.54, 1.807) is 0 Å². The van der Waals surface area contributed by atoms with E-state index in [2.05, 4.69) is 36.1 Å². The molecule has 0 aliphatic carbocycles. The average Bonchev–Trinajstić information content (AvgIpc) is 2.38. The first-order valence-corrected chi connectivity index (χ1v) is 7.96. The first-order chi connectivity index (χ1) is 8.74. The first-order valence-electron chi connectivity index (χ1n) is 6.40. The Morgan fingerprint density at radius 2 is 2.00 bits per heavy atom. The minimum Gasteiger partial charge on any atom is -0.393 e. The smallest absolute Gasteiger partial charge is 0.0745 e. The number of nitrogens with zero attached hydrogens (tertiary/aromatic N) is 1. The molecule has 0 saturated carbocycles. The number of anilines is 1. The van der Waals surface area contributed by atoms with E-state index in [1.807, 2.05) is 17.8 Å². The Balaban J connectivity index is 2.49. The third kappa shape index (κ3) is 6.26. The van der Waals surface area contributed by atoms with Gasteiger partial charge in [0.15, 0.2) is 0 Å². The predicted octanol–water partition coefficient (Wildman–Crippen LogP) is 3.31. The molecule has 1 aromatic carbocycles. The lowest BCUT2D eigenvalue weighted by molar-refractivity contribution is 0.778. The molecule has 0 unspecified atom stereocenters. The monoisotopic (exact) mass is 282 g/mol. The lowest BCUT2D eigenvalue weighted by atomic mass is 10.2. The first kappa shape index (κ1) is 15.3. The molecule has 0 heterocycles. The standard InChI is InChI=1S/C14H22N2S2/c1-2-18-12-6-10-16(11-9-14(15)17)13-7-4-3-5-8-13/h3-5,7-8H,2,6,9-12H2,1H3,(H2,15,17). The summed E-state index contributed by atoms with van der Waals surface area (Å²) in [5.74, 6) is 2.41. The highest BCUT2D eigenvalue weighted by Crippen LogP contribution is 2.15. The van der Waals surface area contributed by atoms with Crippen LogP contribution < -0.4 is 10.6 Å². The van der Waals surface area contributed by atoms with E-state index in [9.17, 15) is 0 Å². The van der Waals surface area contributed by atoms with Gasteiger partial charge < -0.3 is 10.6 Å². The molecular formula is C14H22N2S2. The Morgan fingerprint density at radius 1 is 1.28 bits per heavy atom. The lowest BCUT2D eigenvalue weighted by Crippen LogP contribution is -2.28. The Bertz CT molecular complexity index is 341. The lowest BCUT2D eigenvalue weighted by Gasteiger charge is -2.24. The fourth-order valence-electron chi connectivity index (χ4n) is 1.76. The molecule has 4 heteroatoms. The minimum atomic E-state index is 0.596. The number of benzene rings is 1. The van der Waals surface area contributed by atoms with Crippen LogP contribution in [0.25, 0.3) is 0 Å². The molecule has 18 heavy (non-hydrogen) atoms. The third-order valence-corrected chi connectivity index (χ3v) is 3.86. The largest absolute Gasteiger partial charge is 0.393 e. The topological polar surface area (TPSA) is 29.3 Å². The van der Waals surface area contributed by atoms with Crippen LogP contribution in [0, 0.1) is 0 Å². The minimum absolute atomic E-state index is 0.596. The molecule has 0 atom stereocenters. The molecule has 100 valence electrons. The molecule has 1 aromatic rings. The average molecular weight is 282 g/mol. The van der Waals surface area contributed by atoms with Crippen molar-refractivity contribution in [2.45, 2.75) is 19.8 Å². The van der Waals surface area contributed by atoms with Gasteiger partial charge in [0.1, 0.15) is 0 Å². The molecule has 0 spiro atoms. The Kier molecular flexibility index (Phi) is 7.85. The highest BCUT2D eigenvalue weighted by atomic mass is 32.2. The number of hydrogen-bond acceptors (Lipinski definition) is 3. The van der Waals surface area contributed by atoms with Gasteiger partial charge in [-0.25, -0.2) is 0 Å². The molecule has 0 amide bonds. The van der Waals surface area contributed by atoms with Crippen LogP contribution in [0.4, 0.5) is 5.69 Å². The maximum atomic E-state index is 5.60. The molecule has 1 rings (SSSR count). The maximum absolute atomic E-state index is 5.60. The van der Waals surface area contributed by atoms with E-state index < -0.39 is 0 Å². The fourth-order valence-corrected chi connectivity index (χ4v) is 2.47. The van der Waals surface area contributed by atoms with Crippen LogP contribution in [0.15, 0.2) is 30.3 Å². The van der Waals surface area contributed by atoms with Crippen molar-refractivity contribution in [3.63, 3.8) is 0 Å². The van der Waals surface area contributed by atoms with Crippen molar-refractivity contribution in [3.8, 4) is 0 Å². The van der Waals surface area contributed by atoms with E-state index >= 15 is 0 Å². The van der Waals surface area contributed by atoms with Gasteiger partial charge in [0.25, 0.3) is 0 Å². The van der Waals surface area contributed by atoms with Gasteiger partial charge in [-0.2, -0.15) is 11.8 Å². The Hall–Kier alpha value is -0.740. The van der Waals surface area contributed by atoms with Gasteiger partial charge in [0, 0.05) is 25.2 Å². The van der Waals surface area contributed by atoms with Gasteiger partial charge in [0.05, 0.1) is 4.99 Å². The molecule has 0 bridgehead atoms. The van der Waals surface area contributed by atoms with Gasteiger partial charge in [-0.3, -0.25) is 0 Å². The molecular weight excluding hydrogens is 260 g/mol. The van der Waals surface area contributed by atoms with Crippen LogP contribution in [0.1, 0.15) is 19.8 Å². The summed E-state index contributed by atoms with van der Waals surface area (Å²) in [6.07, 6.45) is 1.98. The van der Waals surface area contributed by atoms with E-state index in [-0.39, 0.29) is 0 Å². The molecule has 0 fully saturated rings. The molecule has 0 aliphatic rings. The number of nitrogens with two attached hydrogens (primary N) is 1. The van der Waals surface area contributed by atoms with Crippen LogP contribution in [0.3, 0.4) is 0 Å². The Morgan fingerprint density at radius 3 is 2.61 bits per heavy atom. The Labute approximate surface area is 120 Å². The number of thiocarbonyl (C=S) groups is 1. The summed E-state index contributed by atoms with van der Waals surface area (Å²) in [5.41, 5.74) is 6.86. The second kappa shape index (κ2) is 9.22. The summed E-state index contributed by atoms with van der Waals surface area (Å²) in [5, 5.41) is 0. The summed E-state index contributed by atoms with van der Waals surface area (Å²) >= 11 is 6.96. The van der Waals surface area contributed by atoms with Crippen molar-refractivity contribution < 1.29 is 0 Å². The number of para-hydroxylation sites is 1. The summed E-state index contributed by atoms with van der Waals surface area (Å²) in [6, 6.07) is 10.5. The molecule has 0 aromatic heterocycles. The van der Waals surface area contributed by atoms with Crippen molar-refractivity contribution in [3.05, 3.63) is 30.3 Å². The van der Waals surface area contributed by atoms with Crippen LogP contribution in [0.2, 0.25) is 0 Å². The number of rotatable bonds is 9. The molecule has 2 nitrogen and oxygen atoms in total. The van der Waals surface area contributed by atoms with Gasteiger partial charge >= 0.3 is 0 Å². The van der Waals surface area contributed by atoms with Crippen LogP contribution in [-0.4, -0.2) is 29.6 Å². The molecule has 0 radical (unpaired) electrons. The van der Waals surface area contributed by atoms with Crippen molar-refractivity contribution >= 4 is 34.7 Å². The summed E-state index contributed by atoms with van der Waals surface area (Å²) < 4.78 is 0. The van der Waals surface area contributed by atoms with E-state index in [4.69, 9.17) is 18.0 Å². The second-order valence-electron chi connectivity index (χ2n) is 4.09. The van der Waals surface area contributed by atoms with Gasteiger partial charge in [-0.15, -0.1) is 0 Å². The summed E-state index contributed by atoms with van der Waals surface area (Å²) in [4.78, 5) is 2.97. The third-order valence-electron chi connectivity index (χ3n) is 2.67. The van der Waals surface area contributed by atoms with E-state index in [0.29, 0.717) is 4.99 Å². The predicted molar refractivity (Wildman–Crippen MR) is 87.7 cm³/mol. The van der Waals surface area contributed by atoms with Crippen LogP contribution in [0.5, 0.6) is 0 Å². The number of hydrogen-bond donors (Lipinski definition) is 1. The van der Waals surface area contributed by atoms with Gasteiger partial charge in [0.2, 0.25) is 0 Å². The summed E-state index contributed by atoms with van der Waals surface area (Å²) in [6.45, 7) is 4.18. The normalized spacial score (nSPS) is 10.3. The second-order valence-corrected chi connectivity index (χ2v) is 6.01. The fraction of sp³-hybridized carbons (Fsp3) is 0.500.